The van der Waals surface area contributed by atoms with Crippen molar-refractivity contribution in [3.8, 4) is 0 Å². The summed E-state index contributed by atoms with van der Waals surface area (Å²) < 4.78 is 0. The van der Waals surface area contributed by atoms with Crippen LogP contribution >= 0.6 is 0 Å². The molecule has 150 valence electrons. The molecule has 0 N–H and O–H groups in total. The highest BCUT2D eigenvalue weighted by Crippen LogP contribution is 2.56. The molecular weight excluding hydrogens is 354 g/mol. The fourth-order valence-electron chi connectivity index (χ4n) is 5.92. The van der Waals surface area contributed by atoms with Crippen LogP contribution in [0.3, 0.4) is 0 Å². The van der Waals surface area contributed by atoms with Crippen LogP contribution in [0.4, 0.5) is 5.95 Å². The maximum atomic E-state index is 12.7. The highest BCUT2D eigenvalue weighted by atomic mass is 16.2. The first-order valence-electron chi connectivity index (χ1n) is 10.8. The number of amides is 2. The Morgan fingerprint density at radius 2 is 1.46 bits per heavy atom. The van der Waals surface area contributed by atoms with Gasteiger partial charge in [0.15, 0.2) is 0 Å². The van der Waals surface area contributed by atoms with Gasteiger partial charge in [0.1, 0.15) is 0 Å². The van der Waals surface area contributed by atoms with E-state index in [0.29, 0.717) is 18.4 Å². The van der Waals surface area contributed by atoms with Gasteiger partial charge in [-0.25, -0.2) is 9.97 Å². The molecule has 28 heavy (non-hydrogen) atoms. The standard InChI is InChI=1S/C21H29N5O2/c27-19-17-15-4-5-16(14-15)18(17)20(28)26(19)9-2-1-8-24-10-12-25(13-11-24)21-22-6-3-7-23-21/h3,6-7,15-18H,1-2,4-5,8-14H2/t15-,16-,17-,18+/m0/s1. The third-order valence-corrected chi connectivity index (χ3v) is 7.33. The van der Waals surface area contributed by atoms with Crippen molar-refractivity contribution in [3.05, 3.63) is 18.5 Å². The van der Waals surface area contributed by atoms with Crippen molar-refractivity contribution in [2.24, 2.45) is 23.7 Å². The van der Waals surface area contributed by atoms with E-state index >= 15 is 0 Å². The molecule has 2 aliphatic heterocycles. The number of anilines is 1. The minimum Gasteiger partial charge on any atom is -0.338 e. The third-order valence-electron chi connectivity index (χ3n) is 7.33. The predicted octanol–water partition coefficient (Wildman–Crippen LogP) is 1.41. The second kappa shape index (κ2) is 7.43. The normalized spacial score (nSPS) is 32.4. The van der Waals surface area contributed by atoms with Crippen LogP contribution in [0.5, 0.6) is 0 Å². The average Bonchev–Trinajstić information content (AvgIpc) is 3.41. The molecule has 0 spiro atoms. The Morgan fingerprint density at radius 3 is 2.11 bits per heavy atom. The van der Waals surface area contributed by atoms with Crippen LogP contribution in [-0.2, 0) is 9.59 Å². The summed E-state index contributed by atoms with van der Waals surface area (Å²) in [6.07, 6.45) is 8.93. The Bertz CT molecular complexity index is 706. The van der Waals surface area contributed by atoms with Crippen LogP contribution in [0, 0.1) is 23.7 Å². The Morgan fingerprint density at radius 1 is 0.857 bits per heavy atom. The van der Waals surface area contributed by atoms with Gasteiger partial charge in [0.05, 0.1) is 11.8 Å². The Labute approximate surface area is 166 Å². The molecule has 4 atom stereocenters. The number of likely N-dealkylation sites (tertiary alicyclic amines) is 1. The molecular formula is C21H29N5O2. The molecule has 5 rings (SSSR count). The van der Waals surface area contributed by atoms with Crippen molar-refractivity contribution >= 4 is 17.8 Å². The van der Waals surface area contributed by atoms with E-state index in [1.807, 2.05) is 6.07 Å². The summed E-state index contributed by atoms with van der Waals surface area (Å²) in [5.74, 6) is 2.12. The summed E-state index contributed by atoms with van der Waals surface area (Å²) in [6, 6.07) is 1.84. The fourth-order valence-corrected chi connectivity index (χ4v) is 5.92. The first-order valence-corrected chi connectivity index (χ1v) is 10.8. The van der Waals surface area contributed by atoms with Gasteiger partial charge < -0.3 is 4.90 Å². The molecule has 7 heteroatoms. The van der Waals surface area contributed by atoms with Gasteiger partial charge in [0.2, 0.25) is 17.8 Å². The van der Waals surface area contributed by atoms with E-state index in [1.165, 1.54) is 0 Å². The van der Waals surface area contributed by atoms with Crippen molar-refractivity contribution in [1.82, 2.24) is 19.8 Å². The van der Waals surface area contributed by atoms with E-state index in [4.69, 9.17) is 0 Å². The van der Waals surface area contributed by atoms with Crippen molar-refractivity contribution in [2.75, 3.05) is 44.2 Å². The molecule has 3 heterocycles. The molecule has 2 saturated heterocycles. The molecule has 4 fully saturated rings. The van der Waals surface area contributed by atoms with Crippen LogP contribution in [0.1, 0.15) is 32.1 Å². The number of fused-ring (bicyclic) bond motifs is 5. The largest absolute Gasteiger partial charge is 0.338 e. The van der Waals surface area contributed by atoms with Gasteiger partial charge in [-0.15, -0.1) is 0 Å². The van der Waals surface area contributed by atoms with E-state index in [-0.39, 0.29) is 23.7 Å². The number of rotatable bonds is 6. The Hall–Kier alpha value is -2.02. The maximum Gasteiger partial charge on any atom is 0.233 e. The number of carbonyl (C=O) groups is 2. The molecule has 2 amide bonds. The van der Waals surface area contributed by atoms with Crippen LogP contribution in [0.2, 0.25) is 0 Å². The minimum absolute atomic E-state index is 0.0273. The number of hydrogen-bond donors (Lipinski definition) is 0. The lowest BCUT2D eigenvalue weighted by Gasteiger charge is -2.34. The first-order chi connectivity index (χ1) is 13.7. The molecule has 7 nitrogen and oxygen atoms in total. The van der Waals surface area contributed by atoms with Gasteiger partial charge in [-0.05, 0) is 56.6 Å². The average molecular weight is 383 g/mol. The summed E-state index contributed by atoms with van der Waals surface area (Å²) >= 11 is 0. The highest BCUT2D eigenvalue weighted by molar-refractivity contribution is 6.06. The maximum absolute atomic E-state index is 12.7. The lowest BCUT2D eigenvalue weighted by molar-refractivity contribution is -0.140. The molecule has 2 saturated carbocycles. The Kier molecular flexibility index (Phi) is 4.78. The van der Waals surface area contributed by atoms with Crippen LogP contribution in [0.15, 0.2) is 18.5 Å². The quantitative estimate of drug-likeness (QED) is 0.546. The molecule has 1 aromatic rings. The second-order valence-electron chi connectivity index (χ2n) is 8.80. The predicted molar refractivity (Wildman–Crippen MR) is 104 cm³/mol. The van der Waals surface area contributed by atoms with Gasteiger partial charge >= 0.3 is 0 Å². The minimum atomic E-state index is 0.0273. The number of unbranched alkanes of at least 4 members (excludes halogenated alkanes) is 1. The van der Waals surface area contributed by atoms with Gasteiger partial charge in [-0.1, -0.05) is 0 Å². The zero-order valence-electron chi connectivity index (χ0n) is 16.4. The number of piperazine rings is 1. The third kappa shape index (κ3) is 3.09. The summed E-state index contributed by atoms with van der Waals surface area (Å²) in [5.41, 5.74) is 0. The van der Waals surface area contributed by atoms with Crippen LogP contribution in [-0.4, -0.2) is 70.9 Å². The molecule has 0 unspecified atom stereocenters. The summed E-state index contributed by atoms with van der Waals surface area (Å²) in [5, 5.41) is 0. The number of carbonyl (C=O) groups excluding carboxylic acids is 2. The van der Waals surface area contributed by atoms with Crippen molar-refractivity contribution in [1.29, 1.82) is 0 Å². The SMILES string of the molecule is O=C1[C@@H]2[C@H]3CC[C@@H](C3)[C@@H]2C(=O)N1CCCCN1CCN(c2ncccn2)CC1. The molecule has 2 bridgehead atoms. The molecule has 0 aromatic carbocycles. The zero-order chi connectivity index (χ0) is 19.1. The van der Waals surface area contributed by atoms with E-state index in [2.05, 4.69) is 19.8 Å². The van der Waals surface area contributed by atoms with E-state index in [0.717, 1.165) is 70.8 Å². The van der Waals surface area contributed by atoms with Gasteiger partial charge in [-0.2, -0.15) is 0 Å². The number of hydrogen-bond acceptors (Lipinski definition) is 6. The lowest BCUT2D eigenvalue weighted by Crippen LogP contribution is -2.47. The molecule has 1 aromatic heterocycles. The topological polar surface area (TPSA) is 69.6 Å². The van der Waals surface area contributed by atoms with Gasteiger partial charge in [-0.3, -0.25) is 19.4 Å². The first kappa shape index (κ1) is 18.0. The second-order valence-corrected chi connectivity index (χ2v) is 8.80. The number of aromatic nitrogens is 2. The fraction of sp³-hybridized carbons (Fsp3) is 0.714. The smallest absolute Gasteiger partial charge is 0.233 e. The number of imide groups is 1. The number of nitrogens with zero attached hydrogens (tertiary/aromatic N) is 5. The summed E-state index contributed by atoms with van der Waals surface area (Å²) in [4.78, 5) is 40.4. The monoisotopic (exact) mass is 383 g/mol. The summed E-state index contributed by atoms with van der Waals surface area (Å²) in [6.45, 7) is 5.54. The van der Waals surface area contributed by atoms with E-state index < -0.39 is 0 Å². The van der Waals surface area contributed by atoms with Crippen molar-refractivity contribution in [3.63, 3.8) is 0 Å². The van der Waals surface area contributed by atoms with Gasteiger partial charge in [0, 0.05) is 45.1 Å². The Balaban J connectivity index is 1.05. The van der Waals surface area contributed by atoms with Crippen molar-refractivity contribution in [2.45, 2.75) is 32.1 Å². The molecule has 0 radical (unpaired) electrons. The van der Waals surface area contributed by atoms with E-state index in [9.17, 15) is 9.59 Å². The zero-order valence-corrected chi connectivity index (χ0v) is 16.4. The molecule has 2 aliphatic carbocycles. The van der Waals surface area contributed by atoms with Crippen LogP contribution < -0.4 is 4.90 Å². The van der Waals surface area contributed by atoms with Crippen molar-refractivity contribution < 1.29 is 9.59 Å². The highest BCUT2D eigenvalue weighted by Gasteiger charge is 2.60. The summed E-state index contributed by atoms with van der Waals surface area (Å²) in [7, 11) is 0. The molecule has 4 aliphatic rings. The van der Waals surface area contributed by atoms with E-state index in [1.54, 1.807) is 17.3 Å². The van der Waals surface area contributed by atoms with Crippen LogP contribution in [0.25, 0.3) is 0 Å². The van der Waals surface area contributed by atoms with Gasteiger partial charge in [0.25, 0.3) is 0 Å². The lowest BCUT2D eigenvalue weighted by atomic mass is 9.81.